The van der Waals surface area contributed by atoms with Gasteiger partial charge in [-0.05, 0) is 48.9 Å². The predicted octanol–water partition coefficient (Wildman–Crippen LogP) is 2.65. The first-order chi connectivity index (χ1) is 11.9. The third kappa shape index (κ3) is 4.64. The van der Waals surface area contributed by atoms with Crippen molar-refractivity contribution in [2.45, 2.75) is 13.0 Å². The number of nitrogens with zero attached hydrogens (tertiary/aromatic N) is 2. The van der Waals surface area contributed by atoms with E-state index in [1.165, 1.54) is 29.2 Å². The maximum absolute atomic E-state index is 13.0. The fourth-order valence-corrected chi connectivity index (χ4v) is 2.26. The van der Waals surface area contributed by atoms with Crippen LogP contribution in [0.4, 0.5) is 4.39 Å². The van der Waals surface area contributed by atoms with Gasteiger partial charge in [-0.2, -0.15) is 5.26 Å². The molecule has 2 amide bonds. The molecule has 6 heteroatoms. The van der Waals surface area contributed by atoms with Crippen molar-refractivity contribution in [3.63, 3.8) is 0 Å². The number of nitrogens with one attached hydrogen (secondary N) is 1. The Kier molecular flexibility index (Phi) is 5.85. The number of hydrogen-bond acceptors (Lipinski definition) is 3. The molecule has 2 aromatic carbocycles. The fourth-order valence-electron chi connectivity index (χ4n) is 2.26. The number of likely N-dealkylation sites (N-methyl/N-ethyl adjacent to an activating group) is 1. The molecule has 1 N–H and O–H groups in total. The molecule has 0 bridgehead atoms. The topological polar surface area (TPSA) is 73.2 Å². The van der Waals surface area contributed by atoms with Gasteiger partial charge in [-0.3, -0.25) is 9.59 Å². The van der Waals surface area contributed by atoms with Gasteiger partial charge in [0.1, 0.15) is 5.82 Å². The third-order valence-corrected chi connectivity index (χ3v) is 4.00. The molecular weight excluding hydrogens is 321 g/mol. The first-order valence-electron chi connectivity index (χ1n) is 7.72. The molecule has 0 fully saturated rings. The second-order valence-electron chi connectivity index (χ2n) is 5.60. The van der Waals surface area contributed by atoms with Crippen LogP contribution < -0.4 is 5.32 Å². The maximum Gasteiger partial charge on any atom is 0.251 e. The second kappa shape index (κ2) is 8.06. The molecule has 0 saturated carbocycles. The van der Waals surface area contributed by atoms with Crippen LogP contribution in [0.1, 0.15) is 34.5 Å². The number of nitriles is 1. The van der Waals surface area contributed by atoms with E-state index in [1.807, 2.05) is 13.0 Å². The zero-order valence-electron chi connectivity index (χ0n) is 14.0. The van der Waals surface area contributed by atoms with Crippen molar-refractivity contribution in [3.05, 3.63) is 71.0 Å². The van der Waals surface area contributed by atoms with Gasteiger partial charge in [0.25, 0.3) is 5.91 Å². The van der Waals surface area contributed by atoms with Gasteiger partial charge in [0, 0.05) is 12.6 Å². The Hall–Kier alpha value is -3.20. The average molecular weight is 339 g/mol. The summed E-state index contributed by atoms with van der Waals surface area (Å²) in [5, 5.41) is 11.3. The quantitative estimate of drug-likeness (QED) is 0.910. The van der Waals surface area contributed by atoms with E-state index in [2.05, 4.69) is 5.32 Å². The molecular formula is C19H18FN3O2. The van der Waals surface area contributed by atoms with E-state index in [0.717, 1.165) is 5.56 Å². The van der Waals surface area contributed by atoms with Gasteiger partial charge in [0.2, 0.25) is 5.91 Å². The van der Waals surface area contributed by atoms with E-state index in [-0.39, 0.29) is 30.2 Å². The molecule has 0 aliphatic rings. The summed E-state index contributed by atoms with van der Waals surface area (Å²) >= 11 is 0. The molecule has 0 radical (unpaired) electrons. The zero-order valence-corrected chi connectivity index (χ0v) is 14.0. The lowest BCUT2D eigenvalue weighted by molar-refractivity contribution is -0.130. The van der Waals surface area contributed by atoms with Gasteiger partial charge in [0.05, 0.1) is 24.2 Å². The fraction of sp³-hybridized carbons (Fsp3) is 0.211. The van der Waals surface area contributed by atoms with Crippen LogP contribution in [0.15, 0.2) is 48.5 Å². The van der Waals surface area contributed by atoms with Gasteiger partial charge >= 0.3 is 0 Å². The molecule has 0 heterocycles. The first-order valence-corrected chi connectivity index (χ1v) is 7.72. The highest BCUT2D eigenvalue weighted by Crippen LogP contribution is 2.18. The largest absolute Gasteiger partial charge is 0.343 e. The van der Waals surface area contributed by atoms with Crippen molar-refractivity contribution in [1.82, 2.24) is 10.2 Å². The van der Waals surface area contributed by atoms with E-state index in [4.69, 9.17) is 5.26 Å². The molecule has 25 heavy (non-hydrogen) atoms. The van der Waals surface area contributed by atoms with Crippen LogP contribution in [0.5, 0.6) is 0 Å². The Labute approximate surface area is 145 Å². The van der Waals surface area contributed by atoms with Crippen LogP contribution in [-0.4, -0.2) is 30.3 Å². The van der Waals surface area contributed by atoms with E-state index in [1.54, 1.807) is 31.3 Å². The summed E-state index contributed by atoms with van der Waals surface area (Å²) < 4.78 is 13.0. The van der Waals surface area contributed by atoms with Gasteiger partial charge in [0.15, 0.2) is 0 Å². The first kappa shape index (κ1) is 18.1. The Morgan fingerprint density at radius 1 is 1.16 bits per heavy atom. The van der Waals surface area contributed by atoms with Crippen molar-refractivity contribution in [2.24, 2.45) is 0 Å². The van der Waals surface area contributed by atoms with Crippen molar-refractivity contribution in [2.75, 3.05) is 13.6 Å². The number of rotatable bonds is 5. The molecule has 2 aromatic rings. The Balaban J connectivity index is 1.93. The lowest BCUT2D eigenvalue weighted by Gasteiger charge is -2.25. The highest BCUT2D eigenvalue weighted by molar-refractivity contribution is 5.96. The van der Waals surface area contributed by atoms with Crippen LogP contribution in [0.3, 0.4) is 0 Å². The summed E-state index contributed by atoms with van der Waals surface area (Å²) in [4.78, 5) is 25.8. The number of benzene rings is 2. The highest BCUT2D eigenvalue weighted by atomic mass is 19.1. The summed E-state index contributed by atoms with van der Waals surface area (Å²) in [7, 11) is 1.63. The Morgan fingerprint density at radius 3 is 2.32 bits per heavy atom. The standard InChI is InChI=1S/C19H18FN3O2/c1-13(15-7-9-17(20)10-8-15)23(2)18(24)12-22-19(25)16-5-3-14(11-21)4-6-16/h3-10,13H,12H2,1-2H3,(H,22,25). The monoisotopic (exact) mass is 339 g/mol. The van der Waals surface area contributed by atoms with Crippen LogP contribution in [0, 0.1) is 17.1 Å². The number of amides is 2. The normalized spacial score (nSPS) is 11.3. The van der Waals surface area contributed by atoms with Gasteiger partial charge in [-0.1, -0.05) is 12.1 Å². The molecule has 0 aliphatic carbocycles. The van der Waals surface area contributed by atoms with Gasteiger partial charge in [-0.15, -0.1) is 0 Å². The Morgan fingerprint density at radius 2 is 1.76 bits per heavy atom. The predicted molar refractivity (Wildman–Crippen MR) is 91.1 cm³/mol. The second-order valence-corrected chi connectivity index (χ2v) is 5.60. The molecule has 5 nitrogen and oxygen atoms in total. The number of halogens is 1. The minimum absolute atomic E-state index is 0.152. The molecule has 128 valence electrons. The summed E-state index contributed by atoms with van der Waals surface area (Å²) in [5.41, 5.74) is 1.64. The van der Waals surface area contributed by atoms with Crippen LogP contribution in [0.2, 0.25) is 0 Å². The highest BCUT2D eigenvalue weighted by Gasteiger charge is 2.18. The van der Waals surface area contributed by atoms with E-state index in [0.29, 0.717) is 11.1 Å². The minimum atomic E-state index is -0.388. The van der Waals surface area contributed by atoms with Gasteiger partial charge in [-0.25, -0.2) is 4.39 Å². The van der Waals surface area contributed by atoms with Crippen LogP contribution >= 0.6 is 0 Å². The maximum atomic E-state index is 13.0. The smallest absolute Gasteiger partial charge is 0.251 e. The van der Waals surface area contributed by atoms with Crippen LogP contribution in [0.25, 0.3) is 0 Å². The number of carbonyl (C=O) groups excluding carboxylic acids is 2. The lowest BCUT2D eigenvalue weighted by Crippen LogP contribution is -2.39. The SMILES string of the molecule is CC(c1ccc(F)cc1)N(C)C(=O)CNC(=O)c1ccc(C#N)cc1. The van der Waals surface area contributed by atoms with E-state index in [9.17, 15) is 14.0 Å². The number of carbonyl (C=O) groups is 2. The number of hydrogen-bond donors (Lipinski definition) is 1. The molecule has 0 saturated heterocycles. The van der Waals surface area contributed by atoms with Crippen molar-refractivity contribution in [3.8, 4) is 6.07 Å². The third-order valence-electron chi connectivity index (χ3n) is 4.00. The molecule has 1 unspecified atom stereocenters. The van der Waals surface area contributed by atoms with Gasteiger partial charge < -0.3 is 10.2 Å². The van der Waals surface area contributed by atoms with Crippen LogP contribution in [-0.2, 0) is 4.79 Å². The molecule has 1 atom stereocenters. The summed E-state index contributed by atoms with van der Waals surface area (Å²) in [6, 6.07) is 13.8. The molecule has 0 aliphatic heterocycles. The zero-order chi connectivity index (χ0) is 18.4. The van der Waals surface area contributed by atoms with Crippen molar-refractivity contribution >= 4 is 11.8 Å². The molecule has 0 aromatic heterocycles. The average Bonchev–Trinajstić information content (AvgIpc) is 2.65. The summed E-state index contributed by atoms with van der Waals surface area (Å²) in [6.07, 6.45) is 0. The molecule has 2 rings (SSSR count). The van der Waals surface area contributed by atoms with E-state index >= 15 is 0 Å². The summed E-state index contributed by atoms with van der Waals surface area (Å²) in [6.45, 7) is 1.68. The minimum Gasteiger partial charge on any atom is -0.343 e. The lowest BCUT2D eigenvalue weighted by atomic mass is 10.1. The van der Waals surface area contributed by atoms with E-state index < -0.39 is 0 Å². The molecule has 0 spiro atoms. The van der Waals surface area contributed by atoms with Crippen molar-refractivity contribution < 1.29 is 14.0 Å². The summed E-state index contributed by atoms with van der Waals surface area (Å²) in [5.74, 6) is -0.987. The van der Waals surface area contributed by atoms with Crippen molar-refractivity contribution in [1.29, 1.82) is 5.26 Å². The Bertz CT molecular complexity index is 795.